The highest BCUT2D eigenvalue weighted by molar-refractivity contribution is 5.38. The maximum atomic E-state index is 5.88. The highest BCUT2D eigenvalue weighted by Gasteiger charge is 2.10. The molecular weight excluding hydrogens is 236 g/mol. The SMILES string of the molecule is CCC(C)c1ccccc1Oc1ccc(CN)cn1. The molecule has 2 rings (SSSR count). The van der Waals surface area contributed by atoms with Crippen molar-refractivity contribution in [2.75, 3.05) is 0 Å². The van der Waals surface area contributed by atoms with Crippen LogP contribution in [0.25, 0.3) is 0 Å². The molecule has 1 aromatic carbocycles. The predicted molar refractivity (Wildman–Crippen MR) is 77.4 cm³/mol. The topological polar surface area (TPSA) is 48.1 Å². The normalized spacial score (nSPS) is 12.2. The van der Waals surface area contributed by atoms with Crippen LogP contribution in [0.4, 0.5) is 0 Å². The second kappa shape index (κ2) is 6.34. The van der Waals surface area contributed by atoms with Crippen molar-refractivity contribution in [3.05, 3.63) is 53.7 Å². The van der Waals surface area contributed by atoms with E-state index < -0.39 is 0 Å². The Morgan fingerprint density at radius 2 is 2.00 bits per heavy atom. The highest BCUT2D eigenvalue weighted by atomic mass is 16.5. The van der Waals surface area contributed by atoms with E-state index in [1.807, 2.05) is 30.3 Å². The zero-order valence-corrected chi connectivity index (χ0v) is 11.5. The van der Waals surface area contributed by atoms with E-state index in [9.17, 15) is 0 Å². The Morgan fingerprint density at radius 3 is 2.63 bits per heavy atom. The molecule has 0 amide bonds. The summed E-state index contributed by atoms with van der Waals surface area (Å²) in [6.07, 6.45) is 2.83. The molecule has 0 aliphatic rings. The Bertz CT molecular complexity index is 523. The van der Waals surface area contributed by atoms with Gasteiger partial charge in [-0.15, -0.1) is 0 Å². The Balaban J connectivity index is 2.22. The molecule has 1 aromatic heterocycles. The number of benzene rings is 1. The fourth-order valence-electron chi connectivity index (χ4n) is 1.91. The summed E-state index contributed by atoms with van der Waals surface area (Å²) in [4.78, 5) is 4.27. The van der Waals surface area contributed by atoms with E-state index in [4.69, 9.17) is 10.5 Å². The van der Waals surface area contributed by atoms with Crippen LogP contribution in [0.2, 0.25) is 0 Å². The van der Waals surface area contributed by atoms with E-state index in [-0.39, 0.29) is 0 Å². The molecule has 0 saturated heterocycles. The van der Waals surface area contributed by atoms with E-state index in [1.54, 1.807) is 6.20 Å². The van der Waals surface area contributed by atoms with Crippen LogP contribution >= 0.6 is 0 Å². The first-order valence-electron chi connectivity index (χ1n) is 6.66. The molecule has 1 heterocycles. The molecule has 2 N–H and O–H groups in total. The first-order chi connectivity index (χ1) is 9.24. The van der Waals surface area contributed by atoms with Crippen molar-refractivity contribution in [1.29, 1.82) is 0 Å². The molecule has 0 spiro atoms. The summed E-state index contributed by atoms with van der Waals surface area (Å²) in [5.74, 6) is 1.96. The third kappa shape index (κ3) is 3.32. The zero-order valence-electron chi connectivity index (χ0n) is 11.5. The van der Waals surface area contributed by atoms with Crippen LogP contribution in [-0.2, 0) is 6.54 Å². The molecule has 0 fully saturated rings. The van der Waals surface area contributed by atoms with Crippen LogP contribution in [0.1, 0.15) is 37.3 Å². The zero-order chi connectivity index (χ0) is 13.7. The van der Waals surface area contributed by atoms with Crippen molar-refractivity contribution in [2.45, 2.75) is 32.7 Å². The number of ether oxygens (including phenoxy) is 1. The van der Waals surface area contributed by atoms with Gasteiger partial charge < -0.3 is 10.5 Å². The van der Waals surface area contributed by atoms with Gasteiger partial charge in [-0.2, -0.15) is 0 Å². The molecule has 2 aromatic rings. The van der Waals surface area contributed by atoms with Crippen LogP contribution in [0, 0.1) is 0 Å². The lowest BCUT2D eigenvalue weighted by molar-refractivity contribution is 0.451. The van der Waals surface area contributed by atoms with Crippen LogP contribution in [0.15, 0.2) is 42.6 Å². The van der Waals surface area contributed by atoms with E-state index in [0.29, 0.717) is 18.3 Å². The van der Waals surface area contributed by atoms with Gasteiger partial charge in [0.05, 0.1) is 0 Å². The molecular formula is C16H20N2O. The molecule has 0 aliphatic carbocycles. The quantitative estimate of drug-likeness (QED) is 0.884. The predicted octanol–water partition coefficient (Wildman–Crippen LogP) is 3.85. The highest BCUT2D eigenvalue weighted by Crippen LogP contribution is 2.31. The number of rotatable bonds is 5. The van der Waals surface area contributed by atoms with Crippen molar-refractivity contribution in [1.82, 2.24) is 4.98 Å². The van der Waals surface area contributed by atoms with Crippen LogP contribution in [0.5, 0.6) is 11.6 Å². The number of nitrogens with zero attached hydrogens (tertiary/aromatic N) is 1. The minimum Gasteiger partial charge on any atom is -0.439 e. The Kier molecular flexibility index (Phi) is 4.53. The number of para-hydroxylation sites is 1. The summed E-state index contributed by atoms with van der Waals surface area (Å²) >= 11 is 0. The van der Waals surface area contributed by atoms with Crippen LogP contribution in [0.3, 0.4) is 0 Å². The second-order valence-electron chi connectivity index (χ2n) is 4.66. The summed E-state index contributed by atoms with van der Waals surface area (Å²) in [6, 6.07) is 11.9. The molecule has 0 saturated carbocycles. The monoisotopic (exact) mass is 256 g/mol. The van der Waals surface area contributed by atoms with Crippen molar-refractivity contribution < 1.29 is 4.74 Å². The van der Waals surface area contributed by atoms with Gasteiger partial charge in [0.25, 0.3) is 0 Å². The Morgan fingerprint density at radius 1 is 1.21 bits per heavy atom. The third-order valence-corrected chi connectivity index (χ3v) is 3.31. The molecule has 3 heteroatoms. The first kappa shape index (κ1) is 13.6. The molecule has 100 valence electrons. The van der Waals surface area contributed by atoms with E-state index in [2.05, 4.69) is 24.9 Å². The maximum absolute atomic E-state index is 5.88. The van der Waals surface area contributed by atoms with Gasteiger partial charge in [-0.05, 0) is 29.5 Å². The van der Waals surface area contributed by atoms with Gasteiger partial charge in [-0.1, -0.05) is 38.1 Å². The van der Waals surface area contributed by atoms with E-state index in [0.717, 1.165) is 17.7 Å². The van der Waals surface area contributed by atoms with Gasteiger partial charge in [0.15, 0.2) is 0 Å². The minimum atomic E-state index is 0.472. The van der Waals surface area contributed by atoms with E-state index >= 15 is 0 Å². The van der Waals surface area contributed by atoms with Gasteiger partial charge in [-0.3, -0.25) is 0 Å². The molecule has 0 bridgehead atoms. The molecule has 1 unspecified atom stereocenters. The average molecular weight is 256 g/mol. The van der Waals surface area contributed by atoms with Gasteiger partial charge in [0.2, 0.25) is 5.88 Å². The summed E-state index contributed by atoms with van der Waals surface area (Å²) < 4.78 is 5.88. The number of hydrogen-bond acceptors (Lipinski definition) is 3. The minimum absolute atomic E-state index is 0.472. The lowest BCUT2D eigenvalue weighted by atomic mass is 9.98. The number of aromatic nitrogens is 1. The smallest absolute Gasteiger partial charge is 0.219 e. The lowest BCUT2D eigenvalue weighted by Crippen LogP contribution is -1.99. The number of hydrogen-bond donors (Lipinski definition) is 1. The Hall–Kier alpha value is -1.87. The maximum Gasteiger partial charge on any atom is 0.219 e. The standard InChI is InChI=1S/C16H20N2O/c1-3-12(2)14-6-4-5-7-15(14)19-16-9-8-13(10-17)11-18-16/h4-9,11-12H,3,10,17H2,1-2H3. The largest absolute Gasteiger partial charge is 0.439 e. The Labute approximate surface area is 114 Å². The molecule has 19 heavy (non-hydrogen) atoms. The van der Waals surface area contributed by atoms with Gasteiger partial charge in [0, 0.05) is 18.8 Å². The summed E-state index contributed by atoms with van der Waals surface area (Å²) in [7, 11) is 0. The van der Waals surface area contributed by atoms with Gasteiger partial charge in [-0.25, -0.2) is 4.98 Å². The summed E-state index contributed by atoms with van der Waals surface area (Å²) in [6.45, 7) is 4.87. The van der Waals surface area contributed by atoms with Gasteiger partial charge in [0.1, 0.15) is 5.75 Å². The van der Waals surface area contributed by atoms with Crippen LogP contribution < -0.4 is 10.5 Å². The average Bonchev–Trinajstić information content (AvgIpc) is 2.48. The van der Waals surface area contributed by atoms with E-state index in [1.165, 1.54) is 5.56 Å². The third-order valence-electron chi connectivity index (χ3n) is 3.31. The van der Waals surface area contributed by atoms with Crippen molar-refractivity contribution in [2.24, 2.45) is 5.73 Å². The number of pyridine rings is 1. The summed E-state index contributed by atoms with van der Waals surface area (Å²) in [5, 5.41) is 0. The van der Waals surface area contributed by atoms with Crippen molar-refractivity contribution in [3.8, 4) is 11.6 Å². The first-order valence-corrected chi connectivity index (χ1v) is 6.66. The molecule has 0 radical (unpaired) electrons. The number of nitrogens with two attached hydrogens (primary N) is 1. The van der Waals surface area contributed by atoms with Gasteiger partial charge >= 0.3 is 0 Å². The fraction of sp³-hybridized carbons (Fsp3) is 0.312. The van der Waals surface area contributed by atoms with Crippen molar-refractivity contribution >= 4 is 0 Å². The second-order valence-corrected chi connectivity index (χ2v) is 4.66. The molecule has 3 nitrogen and oxygen atoms in total. The summed E-state index contributed by atoms with van der Waals surface area (Å²) in [5.41, 5.74) is 7.77. The molecule has 1 atom stereocenters. The fourth-order valence-corrected chi connectivity index (χ4v) is 1.91. The van der Waals surface area contributed by atoms with Crippen molar-refractivity contribution in [3.63, 3.8) is 0 Å². The molecule has 0 aliphatic heterocycles. The van der Waals surface area contributed by atoms with Crippen LogP contribution in [-0.4, -0.2) is 4.98 Å². The lowest BCUT2D eigenvalue weighted by Gasteiger charge is -2.14.